The third-order valence-electron chi connectivity index (χ3n) is 2.05. The third-order valence-corrected chi connectivity index (χ3v) is 2.28. The summed E-state index contributed by atoms with van der Waals surface area (Å²) in [5.41, 5.74) is 0.543. The molecule has 88 valence electrons. The maximum Gasteiger partial charge on any atom is 0.165 e. The lowest BCUT2D eigenvalue weighted by molar-refractivity contribution is 0.284. The van der Waals surface area contributed by atoms with Gasteiger partial charge in [-0.2, -0.15) is 0 Å². The number of pyridine rings is 1. The van der Waals surface area contributed by atoms with Gasteiger partial charge in [-0.25, -0.2) is 8.78 Å². The molecule has 0 amide bonds. The largest absolute Gasteiger partial charge is 0.484 e. The Labute approximate surface area is 102 Å². The molecule has 17 heavy (non-hydrogen) atoms. The van der Waals surface area contributed by atoms with Gasteiger partial charge in [0.05, 0.1) is 5.69 Å². The van der Waals surface area contributed by atoms with Gasteiger partial charge in [0, 0.05) is 17.3 Å². The number of ether oxygens (including phenoxy) is 1. The Hall–Kier alpha value is -1.68. The molecular formula is C12H8ClF2NO. The van der Waals surface area contributed by atoms with E-state index in [4.69, 9.17) is 16.3 Å². The predicted molar refractivity (Wildman–Crippen MR) is 59.9 cm³/mol. The summed E-state index contributed by atoms with van der Waals surface area (Å²) in [6.07, 6.45) is 1.52. The van der Waals surface area contributed by atoms with Gasteiger partial charge in [-0.15, -0.1) is 0 Å². The monoisotopic (exact) mass is 255 g/mol. The van der Waals surface area contributed by atoms with Crippen LogP contribution in [0.5, 0.6) is 5.75 Å². The molecule has 1 aromatic heterocycles. The van der Waals surface area contributed by atoms with Crippen LogP contribution in [0.2, 0.25) is 5.02 Å². The van der Waals surface area contributed by atoms with Gasteiger partial charge in [0.2, 0.25) is 0 Å². The van der Waals surface area contributed by atoms with Crippen LogP contribution < -0.4 is 4.74 Å². The average molecular weight is 256 g/mol. The number of nitrogens with zero attached hydrogens (tertiary/aromatic N) is 1. The summed E-state index contributed by atoms with van der Waals surface area (Å²) in [5, 5.41) is 0.512. The van der Waals surface area contributed by atoms with Crippen molar-refractivity contribution in [1.82, 2.24) is 4.98 Å². The highest BCUT2D eigenvalue weighted by molar-refractivity contribution is 6.30. The summed E-state index contributed by atoms with van der Waals surface area (Å²) in [6, 6.07) is 6.24. The van der Waals surface area contributed by atoms with Gasteiger partial charge in [0.25, 0.3) is 0 Å². The molecule has 0 bridgehead atoms. The number of halogens is 3. The Morgan fingerprint density at radius 1 is 1.18 bits per heavy atom. The summed E-state index contributed by atoms with van der Waals surface area (Å²) < 4.78 is 31.2. The van der Waals surface area contributed by atoms with Crippen LogP contribution in [-0.4, -0.2) is 4.98 Å². The van der Waals surface area contributed by atoms with Crippen LogP contribution in [0.1, 0.15) is 5.69 Å². The summed E-state index contributed by atoms with van der Waals surface area (Å²) in [7, 11) is 0. The zero-order chi connectivity index (χ0) is 12.3. The van der Waals surface area contributed by atoms with Gasteiger partial charge in [-0.3, -0.25) is 4.98 Å². The second-order valence-electron chi connectivity index (χ2n) is 3.33. The van der Waals surface area contributed by atoms with E-state index in [2.05, 4.69) is 4.98 Å². The zero-order valence-corrected chi connectivity index (χ0v) is 9.42. The van der Waals surface area contributed by atoms with E-state index in [-0.39, 0.29) is 12.4 Å². The van der Waals surface area contributed by atoms with Crippen LogP contribution in [0.15, 0.2) is 36.5 Å². The van der Waals surface area contributed by atoms with Gasteiger partial charge >= 0.3 is 0 Å². The maximum atomic E-state index is 13.2. The molecule has 0 saturated heterocycles. The molecule has 1 aromatic carbocycles. The van der Waals surface area contributed by atoms with Gasteiger partial charge in [0.15, 0.2) is 11.6 Å². The fourth-order valence-corrected chi connectivity index (χ4v) is 1.45. The minimum atomic E-state index is -0.617. The fourth-order valence-electron chi connectivity index (χ4n) is 1.27. The van der Waals surface area contributed by atoms with Crippen molar-refractivity contribution in [3.05, 3.63) is 58.9 Å². The summed E-state index contributed by atoms with van der Waals surface area (Å²) in [6.45, 7) is 0.0287. The first-order chi connectivity index (χ1) is 8.15. The fraction of sp³-hybridized carbons (Fsp3) is 0.0833. The molecule has 0 aliphatic rings. The SMILES string of the molecule is Fc1ccc(F)c(OCc2cc(Cl)ccn2)c1. The molecule has 0 unspecified atom stereocenters. The second kappa shape index (κ2) is 5.10. The predicted octanol–water partition coefficient (Wildman–Crippen LogP) is 3.59. The highest BCUT2D eigenvalue weighted by Crippen LogP contribution is 2.19. The van der Waals surface area contributed by atoms with Crippen molar-refractivity contribution in [3.8, 4) is 5.75 Å². The maximum absolute atomic E-state index is 13.2. The molecule has 0 N–H and O–H groups in total. The molecule has 2 aromatic rings. The number of benzene rings is 1. The normalized spacial score (nSPS) is 10.3. The first-order valence-corrected chi connectivity index (χ1v) is 5.21. The smallest absolute Gasteiger partial charge is 0.165 e. The standard InChI is InChI=1S/C12H8ClF2NO/c13-8-3-4-16-10(5-8)7-17-12-6-9(14)1-2-11(12)15/h1-6H,7H2. The van der Waals surface area contributed by atoms with Crippen LogP contribution in [0.3, 0.4) is 0 Å². The first-order valence-electron chi connectivity index (χ1n) is 4.83. The first kappa shape index (κ1) is 11.8. The highest BCUT2D eigenvalue weighted by atomic mass is 35.5. The van der Waals surface area contributed by atoms with E-state index < -0.39 is 11.6 Å². The lowest BCUT2D eigenvalue weighted by Gasteiger charge is -2.06. The minimum absolute atomic E-state index is 0.0287. The summed E-state index contributed by atoms with van der Waals surface area (Å²) in [5.74, 6) is -1.32. The quantitative estimate of drug-likeness (QED) is 0.836. The average Bonchev–Trinajstić information content (AvgIpc) is 2.30. The lowest BCUT2D eigenvalue weighted by Crippen LogP contribution is -1.99. The second-order valence-corrected chi connectivity index (χ2v) is 3.77. The number of rotatable bonds is 3. The number of aromatic nitrogens is 1. The summed E-state index contributed by atoms with van der Waals surface area (Å²) in [4.78, 5) is 3.98. The van der Waals surface area contributed by atoms with E-state index in [1.807, 2.05) is 0 Å². The van der Waals surface area contributed by atoms with Gasteiger partial charge in [0.1, 0.15) is 12.4 Å². The van der Waals surface area contributed by atoms with Gasteiger partial charge < -0.3 is 4.74 Å². The molecule has 1 heterocycles. The number of hydrogen-bond acceptors (Lipinski definition) is 2. The van der Waals surface area contributed by atoms with Crippen molar-refractivity contribution >= 4 is 11.6 Å². The van der Waals surface area contributed by atoms with Crippen molar-refractivity contribution < 1.29 is 13.5 Å². The Balaban J connectivity index is 2.09. The molecule has 0 fully saturated rings. The van der Waals surface area contributed by atoms with Crippen molar-refractivity contribution in [1.29, 1.82) is 0 Å². The third kappa shape index (κ3) is 3.14. The molecule has 2 rings (SSSR count). The molecule has 0 radical (unpaired) electrons. The zero-order valence-electron chi connectivity index (χ0n) is 8.66. The van der Waals surface area contributed by atoms with Crippen molar-refractivity contribution in [2.45, 2.75) is 6.61 Å². The van der Waals surface area contributed by atoms with E-state index in [9.17, 15) is 8.78 Å². The van der Waals surface area contributed by atoms with E-state index in [1.165, 1.54) is 6.20 Å². The van der Waals surface area contributed by atoms with Crippen LogP contribution in [0.25, 0.3) is 0 Å². The Morgan fingerprint density at radius 3 is 2.76 bits per heavy atom. The lowest BCUT2D eigenvalue weighted by atomic mass is 10.3. The molecule has 0 atom stereocenters. The Bertz CT molecular complexity index is 534. The van der Waals surface area contributed by atoms with Gasteiger partial charge in [-0.05, 0) is 24.3 Å². The van der Waals surface area contributed by atoms with E-state index in [0.29, 0.717) is 10.7 Å². The van der Waals surface area contributed by atoms with Crippen LogP contribution in [-0.2, 0) is 6.61 Å². The van der Waals surface area contributed by atoms with Crippen LogP contribution in [0, 0.1) is 11.6 Å². The molecule has 0 saturated carbocycles. The van der Waals surface area contributed by atoms with Crippen molar-refractivity contribution in [2.24, 2.45) is 0 Å². The molecular weight excluding hydrogens is 248 g/mol. The van der Waals surface area contributed by atoms with Crippen LogP contribution in [0.4, 0.5) is 8.78 Å². The Kier molecular flexibility index (Phi) is 3.54. The topological polar surface area (TPSA) is 22.1 Å². The minimum Gasteiger partial charge on any atom is -0.484 e. The molecule has 0 spiro atoms. The molecule has 0 aliphatic carbocycles. The number of hydrogen-bond donors (Lipinski definition) is 0. The van der Waals surface area contributed by atoms with Gasteiger partial charge in [-0.1, -0.05) is 11.6 Å². The van der Waals surface area contributed by atoms with Crippen molar-refractivity contribution in [3.63, 3.8) is 0 Å². The van der Waals surface area contributed by atoms with Crippen LogP contribution >= 0.6 is 11.6 Å². The van der Waals surface area contributed by atoms with Crippen molar-refractivity contribution in [2.75, 3.05) is 0 Å². The molecule has 2 nitrogen and oxygen atoms in total. The van der Waals surface area contributed by atoms with E-state index in [0.717, 1.165) is 18.2 Å². The molecule has 5 heteroatoms. The van der Waals surface area contributed by atoms with E-state index in [1.54, 1.807) is 12.1 Å². The summed E-state index contributed by atoms with van der Waals surface area (Å²) >= 11 is 5.75. The molecule has 0 aliphatic heterocycles. The Morgan fingerprint density at radius 2 is 2.00 bits per heavy atom. The highest BCUT2D eigenvalue weighted by Gasteiger charge is 2.05. The van der Waals surface area contributed by atoms with E-state index >= 15 is 0 Å².